The molecule has 14 heavy (non-hydrogen) atoms. The lowest BCUT2D eigenvalue weighted by molar-refractivity contribution is 0.647. The van der Waals surface area contributed by atoms with Gasteiger partial charge >= 0.3 is 0 Å². The van der Waals surface area contributed by atoms with Crippen molar-refractivity contribution < 1.29 is 0 Å². The van der Waals surface area contributed by atoms with Gasteiger partial charge in [-0.1, -0.05) is 44.0 Å². The van der Waals surface area contributed by atoms with Gasteiger partial charge in [-0.05, 0) is 23.5 Å². The molecule has 0 bridgehead atoms. The van der Waals surface area contributed by atoms with Crippen LogP contribution in [0.4, 0.5) is 0 Å². The molecule has 0 spiro atoms. The minimum atomic E-state index is 0.723. The minimum absolute atomic E-state index is 0.723. The Kier molecular flexibility index (Phi) is 4.26. The molecule has 0 aliphatic rings. The maximum absolute atomic E-state index is 3.50. The summed E-state index contributed by atoms with van der Waals surface area (Å²) in [4.78, 5) is 0. The van der Waals surface area contributed by atoms with Crippen molar-refractivity contribution in [3.8, 4) is 11.8 Å². The molecular formula is C14H17. The van der Waals surface area contributed by atoms with E-state index in [1.54, 1.807) is 0 Å². The van der Waals surface area contributed by atoms with Crippen LogP contribution >= 0.6 is 0 Å². The Morgan fingerprint density at radius 2 is 1.71 bits per heavy atom. The van der Waals surface area contributed by atoms with E-state index < -0.39 is 0 Å². The summed E-state index contributed by atoms with van der Waals surface area (Å²) >= 11 is 0. The van der Waals surface area contributed by atoms with Gasteiger partial charge in [-0.3, -0.25) is 0 Å². The molecule has 0 aliphatic heterocycles. The molecule has 0 fully saturated rings. The molecule has 73 valence electrons. The van der Waals surface area contributed by atoms with Crippen LogP contribution in [-0.4, -0.2) is 0 Å². The average Bonchev–Trinajstić information content (AvgIpc) is 2.16. The minimum Gasteiger partial charge on any atom is -0.102 e. The van der Waals surface area contributed by atoms with Crippen LogP contribution in [-0.2, 0) is 12.8 Å². The Hall–Kier alpha value is -1.22. The van der Waals surface area contributed by atoms with Crippen molar-refractivity contribution in [2.24, 2.45) is 5.92 Å². The lowest BCUT2D eigenvalue weighted by atomic mass is 10.0. The molecular weight excluding hydrogens is 168 g/mol. The highest BCUT2D eigenvalue weighted by Crippen LogP contribution is 2.09. The van der Waals surface area contributed by atoms with Crippen molar-refractivity contribution in [1.29, 1.82) is 0 Å². The van der Waals surface area contributed by atoms with Gasteiger partial charge in [-0.15, -0.1) is 5.92 Å². The van der Waals surface area contributed by atoms with Crippen molar-refractivity contribution in [2.75, 3.05) is 0 Å². The van der Waals surface area contributed by atoms with E-state index in [0.717, 1.165) is 18.8 Å². The maximum atomic E-state index is 3.50. The summed E-state index contributed by atoms with van der Waals surface area (Å²) in [5, 5.41) is 0. The third-order valence-electron chi connectivity index (χ3n) is 2.08. The van der Waals surface area contributed by atoms with E-state index >= 15 is 0 Å². The van der Waals surface area contributed by atoms with Crippen LogP contribution in [0.15, 0.2) is 24.3 Å². The van der Waals surface area contributed by atoms with Gasteiger partial charge in [-0.25, -0.2) is 0 Å². The van der Waals surface area contributed by atoms with Gasteiger partial charge in [0.2, 0.25) is 0 Å². The Balaban J connectivity index is 2.62. The Morgan fingerprint density at radius 1 is 1.14 bits per heavy atom. The first kappa shape index (κ1) is 10.9. The van der Waals surface area contributed by atoms with E-state index in [0.29, 0.717) is 0 Å². The number of hydrogen-bond acceptors (Lipinski definition) is 0. The molecule has 1 aromatic rings. The van der Waals surface area contributed by atoms with Gasteiger partial charge in [0.05, 0.1) is 0 Å². The molecule has 1 radical (unpaired) electrons. The van der Waals surface area contributed by atoms with Crippen molar-refractivity contribution in [1.82, 2.24) is 0 Å². The van der Waals surface area contributed by atoms with Gasteiger partial charge < -0.3 is 0 Å². The van der Waals surface area contributed by atoms with Crippen LogP contribution in [0.2, 0.25) is 0 Å². The Labute approximate surface area is 87.4 Å². The Morgan fingerprint density at radius 3 is 2.21 bits per heavy atom. The average molecular weight is 185 g/mol. The highest BCUT2D eigenvalue weighted by molar-refractivity contribution is 5.26. The SMILES string of the molecule is [CH2]C#CCc1ccc(CC(C)C)cc1. The molecule has 0 aliphatic carbocycles. The first-order valence-corrected chi connectivity index (χ1v) is 5.05. The summed E-state index contributed by atoms with van der Waals surface area (Å²) in [5.74, 6) is 6.35. The third kappa shape index (κ3) is 3.66. The molecule has 0 nitrogen and oxygen atoms in total. The normalized spacial score (nSPS) is 9.71. The molecule has 0 saturated heterocycles. The molecule has 0 heterocycles. The summed E-state index contributed by atoms with van der Waals surface area (Å²) < 4.78 is 0. The zero-order valence-corrected chi connectivity index (χ0v) is 9.01. The van der Waals surface area contributed by atoms with Crippen LogP contribution in [0.3, 0.4) is 0 Å². The molecule has 1 rings (SSSR count). The van der Waals surface area contributed by atoms with Crippen molar-refractivity contribution in [3.63, 3.8) is 0 Å². The van der Waals surface area contributed by atoms with E-state index in [9.17, 15) is 0 Å². The number of benzene rings is 1. The Bertz CT molecular complexity index is 319. The fourth-order valence-corrected chi connectivity index (χ4v) is 1.43. The second-order valence-electron chi connectivity index (χ2n) is 3.94. The fraction of sp³-hybridized carbons (Fsp3) is 0.357. The fourth-order valence-electron chi connectivity index (χ4n) is 1.43. The van der Waals surface area contributed by atoms with E-state index in [1.807, 2.05) is 0 Å². The number of hydrogen-bond donors (Lipinski definition) is 0. The first-order valence-electron chi connectivity index (χ1n) is 5.05. The summed E-state index contributed by atoms with van der Waals surface area (Å²) in [6.07, 6.45) is 1.97. The van der Waals surface area contributed by atoms with Gasteiger partial charge in [0.15, 0.2) is 0 Å². The third-order valence-corrected chi connectivity index (χ3v) is 2.08. The van der Waals surface area contributed by atoms with Crippen LogP contribution in [0.5, 0.6) is 0 Å². The van der Waals surface area contributed by atoms with Gasteiger partial charge in [-0.2, -0.15) is 0 Å². The molecule has 0 aromatic heterocycles. The molecule has 0 atom stereocenters. The van der Waals surface area contributed by atoms with Crippen LogP contribution in [0.25, 0.3) is 0 Å². The monoisotopic (exact) mass is 185 g/mol. The summed E-state index contributed by atoms with van der Waals surface area (Å²) in [6, 6.07) is 8.70. The predicted molar refractivity (Wildman–Crippen MR) is 61.8 cm³/mol. The lowest BCUT2D eigenvalue weighted by Gasteiger charge is -2.04. The maximum Gasteiger partial charge on any atom is 0.0340 e. The van der Waals surface area contributed by atoms with Gasteiger partial charge in [0, 0.05) is 13.3 Å². The zero-order valence-electron chi connectivity index (χ0n) is 9.01. The number of rotatable bonds is 3. The quantitative estimate of drug-likeness (QED) is 0.634. The standard InChI is InChI=1S/C14H17/c1-4-5-6-13-7-9-14(10-8-13)11-12(2)3/h7-10,12H,1,6,11H2,2-3H3. The summed E-state index contributed by atoms with van der Waals surface area (Å²) in [5.41, 5.74) is 2.68. The van der Waals surface area contributed by atoms with Crippen molar-refractivity contribution in [2.45, 2.75) is 26.7 Å². The summed E-state index contributed by atoms with van der Waals surface area (Å²) in [6.45, 7) is 7.97. The highest BCUT2D eigenvalue weighted by Gasteiger charge is 1.97. The van der Waals surface area contributed by atoms with Crippen LogP contribution in [0, 0.1) is 24.7 Å². The van der Waals surface area contributed by atoms with E-state index in [1.165, 1.54) is 11.1 Å². The largest absolute Gasteiger partial charge is 0.102 e. The first-order chi connectivity index (χ1) is 6.72. The second kappa shape index (κ2) is 5.50. The predicted octanol–water partition coefficient (Wildman–Crippen LogP) is 3.27. The van der Waals surface area contributed by atoms with E-state index in [2.05, 4.69) is 56.9 Å². The summed E-state index contributed by atoms with van der Waals surface area (Å²) in [7, 11) is 0. The topological polar surface area (TPSA) is 0 Å². The van der Waals surface area contributed by atoms with E-state index in [4.69, 9.17) is 0 Å². The van der Waals surface area contributed by atoms with Gasteiger partial charge in [0.25, 0.3) is 0 Å². The van der Waals surface area contributed by atoms with Crippen LogP contribution in [0.1, 0.15) is 25.0 Å². The molecule has 0 heteroatoms. The van der Waals surface area contributed by atoms with E-state index in [-0.39, 0.29) is 0 Å². The van der Waals surface area contributed by atoms with Crippen molar-refractivity contribution >= 4 is 0 Å². The van der Waals surface area contributed by atoms with Gasteiger partial charge in [0.1, 0.15) is 0 Å². The zero-order chi connectivity index (χ0) is 10.4. The smallest absolute Gasteiger partial charge is 0.0340 e. The molecule has 0 N–H and O–H groups in total. The molecule has 1 aromatic carbocycles. The molecule has 0 amide bonds. The highest BCUT2D eigenvalue weighted by atomic mass is 14.0. The second-order valence-corrected chi connectivity index (χ2v) is 3.94. The molecule has 0 unspecified atom stereocenters. The lowest BCUT2D eigenvalue weighted by Crippen LogP contribution is -1.93. The van der Waals surface area contributed by atoms with Crippen molar-refractivity contribution in [3.05, 3.63) is 42.3 Å². The molecule has 0 saturated carbocycles. The van der Waals surface area contributed by atoms with Crippen LogP contribution < -0.4 is 0 Å².